The topological polar surface area (TPSA) is 75.6 Å². The summed E-state index contributed by atoms with van der Waals surface area (Å²) < 4.78 is 2.01. The highest BCUT2D eigenvalue weighted by Gasteiger charge is 2.07. The van der Waals surface area contributed by atoms with Crippen molar-refractivity contribution in [2.24, 2.45) is 0 Å². The Morgan fingerprint density at radius 1 is 1.19 bits per heavy atom. The number of rotatable bonds is 6. The number of hydrogen-bond acceptors (Lipinski definition) is 3. The number of aromatic nitrogens is 4. The quantitative estimate of drug-likeness (QED) is 0.563. The Kier molecular flexibility index (Phi) is 4.39. The number of carbonyl (C=O) groups is 1. The molecule has 4 aromatic rings. The lowest BCUT2D eigenvalue weighted by Crippen LogP contribution is -2.26. The number of imidazole rings is 2. The summed E-state index contributed by atoms with van der Waals surface area (Å²) in [5.74, 6) is 0.935. The number of aromatic amines is 1. The SMILES string of the molecule is Cc1cccc2[nH]c(CCNC(=O)CCn3cnc4ccccc43)nc12. The van der Waals surface area contributed by atoms with Gasteiger partial charge in [-0.2, -0.15) is 0 Å². The van der Waals surface area contributed by atoms with Crippen LogP contribution in [0.2, 0.25) is 0 Å². The number of benzene rings is 2. The molecular formula is C20H21N5O. The molecular weight excluding hydrogens is 326 g/mol. The molecule has 0 unspecified atom stereocenters. The Morgan fingerprint density at radius 3 is 2.96 bits per heavy atom. The molecule has 0 saturated carbocycles. The molecule has 0 fully saturated rings. The summed E-state index contributed by atoms with van der Waals surface area (Å²) in [6.45, 7) is 3.24. The van der Waals surface area contributed by atoms with E-state index in [-0.39, 0.29) is 5.91 Å². The number of carbonyl (C=O) groups excluding carboxylic acids is 1. The second-order valence-electron chi connectivity index (χ2n) is 6.43. The Labute approximate surface area is 151 Å². The standard InChI is InChI=1S/C20H21N5O/c1-14-5-4-7-16-20(14)24-18(23-16)9-11-21-19(26)10-12-25-13-22-15-6-2-3-8-17(15)25/h2-8,13H,9-12H2,1H3,(H,21,26)(H,23,24). The first kappa shape index (κ1) is 16.3. The first-order valence-corrected chi connectivity index (χ1v) is 8.81. The molecule has 2 aromatic heterocycles. The predicted octanol–water partition coefficient (Wildman–Crippen LogP) is 2.97. The number of amides is 1. The molecule has 26 heavy (non-hydrogen) atoms. The fourth-order valence-electron chi connectivity index (χ4n) is 3.16. The summed E-state index contributed by atoms with van der Waals surface area (Å²) in [5.41, 5.74) is 5.20. The van der Waals surface area contributed by atoms with Gasteiger partial charge < -0.3 is 14.9 Å². The van der Waals surface area contributed by atoms with E-state index in [1.165, 1.54) is 0 Å². The van der Waals surface area contributed by atoms with Crippen LogP contribution < -0.4 is 5.32 Å². The van der Waals surface area contributed by atoms with Crippen LogP contribution in [0.3, 0.4) is 0 Å². The highest BCUT2D eigenvalue weighted by Crippen LogP contribution is 2.15. The first-order chi connectivity index (χ1) is 12.7. The van der Waals surface area contributed by atoms with E-state index in [1.807, 2.05) is 41.0 Å². The van der Waals surface area contributed by atoms with Crippen molar-refractivity contribution in [2.45, 2.75) is 26.3 Å². The molecule has 132 valence electrons. The van der Waals surface area contributed by atoms with E-state index in [0.717, 1.165) is 33.5 Å². The van der Waals surface area contributed by atoms with Crippen molar-refractivity contribution in [1.82, 2.24) is 24.8 Å². The molecule has 0 aliphatic carbocycles. The van der Waals surface area contributed by atoms with Gasteiger partial charge in [0.05, 0.1) is 28.4 Å². The third-order valence-electron chi connectivity index (χ3n) is 4.55. The van der Waals surface area contributed by atoms with Crippen molar-refractivity contribution in [3.8, 4) is 0 Å². The van der Waals surface area contributed by atoms with E-state index in [0.29, 0.717) is 25.9 Å². The summed E-state index contributed by atoms with van der Waals surface area (Å²) in [6.07, 6.45) is 2.90. The highest BCUT2D eigenvalue weighted by atomic mass is 16.1. The number of aryl methyl sites for hydroxylation is 2. The van der Waals surface area contributed by atoms with Gasteiger partial charge in [0.2, 0.25) is 5.91 Å². The van der Waals surface area contributed by atoms with Crippen molar-refractivity contribution < 1.29 is 4.79 Å². The van der Waals surface area contributed by atoms with Crippen LogP contribution in [-0.4, -0.2) is 32.0 Å². The summed E-state index contributed by atoms with van der Waals surface area (Å²) in [5, 5.41) is 2.97. The first-order valence-electron chi connectivity index (χ1n) is 8.81. The molecule has 6 nitrogen and oxygen atoms in total. The molecule has 0 bridgehead atoms. The predicted molar refractivity (Wildman–Crippen MR) is 102 cm³/mol. The van der Waals surface area contributed by atoms with Crippen LogP contribution in [0.15, 0.2) is 48.8 Å². The Bertz CT molecular complexity index is 1060. The molecule has 2 N–H and O–H groups in total. The Hall–Kier alpha value is -3.15. The second kappa shape index (κ2) is 7.00. The number of H-pyrrole nitrogens is 1. The van der Waals surface area contributed by atoms with Crippen molar-refractivity contribution in [1.29, 1.82) is 0 Å². The number of nitrogens with zero attached hydrogens (tertiary/aromatic N) is 3. The molecule has 2 aromatic carbocycles. The van der Waals surface area contributed by atoms with Crippen LogP contribution >= 0.6 is 0 Å². The van der Waals surface area contributed by atoms with Crippen molar-refractivity contribution >= 4 is 28.0 Å². The highest BCUT2D eigenvalue weighted by molar-refractivity contribution is 5.79. The number of fused-ring (bicyclic) bond motifs is 2. The number of para-hydroxylation sites is 3. The maximum absolute atomic E-state index is 12.1. The summed E-state index contributed by atoms with van der Waals surface area (Å²) >= 11 is 0. The minimum absolute atomic E-state index is 0.0371. The van der Waals surface area contributed by atoms with Gasteiger partial charge in [-0.15, -0.1) is 0 Å². The van der Waals surface area contributed by atoms with Gasteiger partial charge in [-0.3, -0.25) is 4.79 Å². The smallest absolute Gasteiger partial charge is 0.221 e. The zero-order valence-corrected chi connectivity index (χ0v) is 14.7. The van der Waals surface area contributed by atoms with E-state index in [1.54, 1.807) is 6.33 Å². The summed E-state index contributed by atoms with van der Waals surface area (Å²) in [4.78, 5) is 24.4. The average Bonchev–Trinajstić information content (AvgIpc) is 3.25. The maximum Gasteiger partial charge on any atom is 0.221 e. The monoisotopic (exact) mass is 347 g/mol. The Morgan fingerprint density at radius 2 is 2.08 bits per heavy atom. The summed E-state index contributed by atoms with van der Waals surface area (Å²) in [6, 6.07) is 14.0. The minimum Gasteiger partial charge on any atom is -0.356 e. The zero-order chi connectivity index (χ0) is 17.9. The fourth-order valence-corrected chi connectivity index (χ4v) is 3.16. The molecule has 0 aliphatic heterocycles. The zero-order valence-electron chi connectivity index (χ0n) is 14.7. The van der Waals surface area contributed by atoms with Crippen molar-refractivity contribution in [3.63, 3.8) is 0 Å². The van der Waals surface area contributed by atoms with Crippen LogP contribution in [0.4, 0.5) is 0 Å². The largest absolute Gasteiger partial charge is 0.356 e. The van der Waals surface area contributed by atoms with Crippen LogP contribution in [-0.2, 0) is 17.8 Å². The lowest BCUT2D eigenvalue weighted by Gasteiger charge is -2.06. The molecule has 0 aliphatic rings. The van der Waals surface area contributed by atoms with E-state index in [4.69, 9.17) is 0 Å². The number of hydrogen-bond donors (Lipinski definition) is 2. The van der Waals surface area contributed by atoms with Crippen molar-refractivity contribution in [3.05, 3.63) is 60.2 Å². The lowest BCUT2D eigenvalue weighted by molar-refractivity contribution is -0.121. The molecule has 0 spiro atoms. The van der Waals surface area contributed by atoms with Gasteiger partial charge >= 0.3 is 0 Å². The van der Waals surface area contributed by atoms with Gasteiger partial charge in [-0.25, -0.2) is 9.97 Å². The lowest BCUT2D eigenvalue weighted by atomic mass is 10.2. The summed E-state index contributed by atoms with van der Waals surface area (Å²) in [7, 11) is 0. The van der Waals surface area contributed by atoms with Gasteiger partial charge in [0, 0.05) is 25.9 Å². The maximum atomic E-state index is 12.1. The van der Waals surface area contributed by atoms with E-state index < -0.39 is 0 Å². The van der Waals surface area contributed by atoms with Gasteiger partial charge in [0.25, 0.3) is 0 Å². The molecule has 0 saturated heterocycles. The van der Waals surface area contributed by atoms with Crippen LogP contribution in [0.5, 0.6) is 0 Å². The third kappa shape index (κ3) is 3.31. The van der Waals surface area contributed by atoms with Crippen molar-refractivity contribution in [2.75, 3.05) is 6.54 Å². The van der Waals surface area contributed by atoms with E-state index in [2.05, 4.69) is 33.3 Å². The molecule has 4 rings (SSSR count). The minimum atomic E-state index is 0.0371. The Balaban J connectivity index is 1.29. The molecule has 0 radical (unpaired) electrons. The molecule has 0 atom stereocenters. The van der Waals surface area contributed by atoms with Crippen LogP contribution in [0.1, 0.15) is 17.8 Å². The second-order valence-corrected chi connectivity index (χ2v) is 6.43. The fraction of sp³-hybridized carbons (Fsp3) is 0.250. The van der Waals surface area contributed by atoms with Gasteiger partial charge in [-0.1, -0.05) is 24.3 Å². The van der Waals surface area contributed by atoms with Gasteiger partial charge in [0.1, 0.15) is 5.82 Å². The van der Waals surface area contributed by atoms with Crippen LogP contribution in [0.25, 0.3) is 22.1 Å². The normalized spacial score (nSPS) is 11.3. The molecule has 1 amide bonds. The van der Waals surface area contributed by atoms with Gasteiger partial charge in [-0.05, 0) is 30.7 Å². The van der Waals surface area contributed by atoms with Crippen LogP contribution in [0, 0.1) is 6.92 Å². The van der Waals surface area contributed by atoms with E-state index >= 15 is 0 Å². The van der Waals surface area contributed by atoms with Gasteiger partial charge in [0.15, 0.2) is 0 Å². The average molecular weight is 347 g/mol. The number of nitrogens with one attached hydrogen (secondary N) is 2. The van der Waals surface area contributed by atoms with E-state index in [9.17, 15) is 4.79 Å². The third-order valence-corrected chi connectivity index (χ3v) is 4.55. The molecule has 2 heterocycles. The molecule has 6 heteroatoms.